The number of hydrogen-bond acceptors (Lipinski definition) is 14. The molecule has 2 aromatic heterocycles. The molecule has 2 aromatic rings. The van der Waals surface area contributed by atoms with Crippen LogP contribution in [0, 0.1) is 5.92 Å². The molecule has 0 aromatic carbocycles. The fourth-order valence-electron chi connectivity index (χ4n) is 3.62. The van der Waals surface area contributed by atoms with Crippen LogP contribution in [0.3, 0.4) is 0 Å². The summed E-state index contributed by atoms with van der Waals surface area (Å²) >= 11 is 0. The Morgan fingerprint density at radius 3 is 2.64 bits per heavy atom. The number of nitrogens with two attached hydrogens (primary N) is 1. The maximum atomic E-state index is 12.8. The molecule has 7 atom stereocenters. The van der Waals surface area contributed by atoms with Crippen molar-refractivity contribution < 1.29 is 44.5 Å². The summed E-state index contributed by atoms with van der Waals surface area (Å²) in [7, 11) is 0. The van der Waals surface area contributed by atoms with E-state index >= 15 is 0 Å². The number of anilines is 1. The fraction of sp³-hybridized carbons (Fsp3) is 0.700. The number of aromatic nitrogens is 4. The van der Waals surface area contributed by atoms with Gasteiger partial charge in [0.15, 0.2) is 11.2 Å². The van der Waals surface area contributed by atoms with Crippen LogP contribution in [0.4, 0.5) is 5.95 Å². The van der Waals surface area contributed by atoms with E-state index in [2.05, 4.69) is 20.3 Å². The SMILES string of the molecule is CC(C)[C@H](NC1O[C@H](CO)[C@@H](O)[C@H](O)[C@H]1O)C(=O)OCC(CO)OCn1cnc2c(=O)[nH]c(N)nc21. The van der Waals surface area contributed by atoms with E-state index in [-0.39, 0.29) is 36.4 Å². The second kappa shape index (κ2) is 12.0. The number of ether oxygens (including phenoxy) is 3. The number of aliphatic hydroxyl groups is 5. The lowest BCUT2D eigenvalue weighted by molar-refractivity contribution is -0.239. The van der Waals surface area contributed by atoms with Crippen LogP contribution in [0.5, 0.6) is 0 Å². The van der Waals surface area contributed by atoms with Gasteiger partial charge in [-0.15, -0.1) is 0 Å². The standard InChI is InChI=1S/C20H32N6O10/c1-8(2)11(23-18-15(31)14(30)13(29)10(4-28)36-18)19(33)34-5-9(3-27)35-7-26-6-22-12-16(26)24-20(21)25-17(12)32/h6,8-11,13-15,18,23,27-31H,3-5,7H2,1-2H3,(H3,21,24,25,32)/t9?,10-,11+,13-,14+,15-,18?/m1/s1. The Balaban J connectivity index is 1.59. The van der Waals surface area contributed by atoms with Crippen LogP contribution in [0.25, 0.3) is 11.2 Å². The fourth-order valence-corrected chi connectivity index (χ4v) is 3.62. The maximum Gasteiger partial charge on any atom is 0.323 e. The molecule has 16 heteroatoms. The molecule has 0 radical (unpaired) electrons. The summed E-state index contributed by atoms with van der Waals surface area (Å²) < 4.78 is 17.6. The molecule has 1 aliphatic heterocycles. The third-order valence-corrected chi connectivity index (χ3v) is 5.71. The van der Waals surface area contributed by atoms with E-state index in [9.17, 15) is 35.1 Å². The Morgan fingerprint density at radius 2 is 2.00 bits per heavy atom. The monoisotopic (exact) mass is 516 g/mol. The molecule has 0 spiro atoms. The third-order valence-electron chi connectivity index (χ3n) is 5.71. The highest BCUT2D eigenvalue weighted by Crippen LogP contribution is 2.21. The molecule has 36 heavy (non-hydrogen) atoms. The van der Waals surface area contributed by atoms with E-state index in [4.69, 9.17) is 19.9 Å². The highest BCUT2D eigenvalue weighted by Gasteiger charge is 2.45. The zero-order valence-electron chi connectivity index (χ0n) is 19.7. The zero-order valence-corrected chi connectivity index (χ0v) is 19.7. The molecule has 16 nitrogen and oxygen atoms in total. The van der Waals surface area contributed by atoms with Crippen LogP contribution in [-0.4, -0.2) is 114 Å². The number of carbonyl (C=O) groups is 1. The Morgan fingerprint density at radius 1 is 1.28 bits per heavy atom. The van der Waals surface area contributed by atoms with Crippen LogP contribution in [0.1, 0.15) is 13.8 Å². The Bertz CT molecular complexity index is 1070. The number of aromatic amines is 1. The molecule has 3 heterocycles. The lowest BCUT2D eigenvalue weighted by atomic mass is 9.97. The molecular formula is C20H32N6O10. The number of fused-ring (bicyclic) bond motifs is 1. The highest BCUT2D eigenvalue weighted by atomic mass is 16.6. The molecule has 1 saturated heterocycles. The van der Waals surface area contributed by atoms with Gasteiger partial charge in [-0.1, -0.05) is 13.8 Å². The van der Waals surface area contributed by atoms with Gasteiger partial charge in [0.1, 0.15) is 56.1 Å². The highest BCUT2D eigenvalue weighted by molar-refractivity contribution is 5.76. The van der Waals surface area contributed by atoms with Gasteiger partial charge in [-0.05, 0) is 5.92 Å². The number of nitrogens with one attached hydrogen (secondary N) is 2. The van der Waals surface area contributed by atoms with Gasteiger partial charge in [0.05, 0.1) is 19.5 Å². The number of imidazole rings is 1. The van der Waals surface area contributed by atoms with Crippen molar-refractivity contribution in [3.8, 4) is 0 Å². The lowest BCUT2D eigenvalue weighted by Crippen LogP contribution is -2.65. The van der Waals surface area contributed by atoms with E-state index < -0.39 is 67.5 Å². The van der Waals surface area contributed by atoms with Gasteiger partial charge < -0.3 is 45.5 Å². The van der Waals surface area contributed by atoms with E-state index in [1.807, 2.05) is 0 Å². The van der Waals surface area contributed by atoms with Gasteiger partial charge in [-0.2, -0.15) is 4.98 Å². The van der Waals surface area contributed by atoms with Crippen molar-refractivity contribution in [3.05, 3.63) is 16.7 Å². The summed E-state index contributed by atoms with van der Waals surface area (Å²) in [5.74, 6) is -1.21. The largest absolute Gasteiger partial charge is 0.462 e. The van der Waals surface area contributed by atoms with Crippen molar-refractivity contribution in [2.75, 3.05) is 25.6 Å². The van der Waals surface area contributed by atoms with Crippen molar-refractivity contribution >= 4 is 23.1 Å². The summed E-state index contributed by atoms with van der Waals surface area (Å²) in [6.07, 6.45) is -6.77. The van der Waals surface area contributed by atoms with Crippen LogP contribution in [0.15, 0.2) is 11.1 Å². The first-order chi connectivity index (χ1) is 17.1. The number of H-pyrrole nitrogens is 1. The Labute approximate surface area is 204 Å². The third kappa shape index (κ3) is 6.16. The minimum atomic E-state index is -1.61. The molecule has 0 saturated carbocycles. The Hall–Kier alpha value is -2.70. The van der Waals surface area contributed by atoms with E-state index in [0.717, 1.165) is 0 Å². The molecule has 3 rings (SSSR count). The summed E-state index contributed by atoms with van der Waals surface area (Å²) in [5.41, 5.74) is 5.27. The van der Waals surface area contributed by atoms with Gasteiger partial charge in [0, 0.05) is 0 Å². The number of hydrogen-bond donors (Lipinski definition) is 8. The van der Waals surface area contributed by atoms with E-state index in [1.54, 1.807) is 13.8 Å². The predicted octanol–water partition coefficient (Wildman–Crippen LogP) is -4.01. The molecule has 1 aliphatic rings. The summed E-state index contributed by atoms with van der Waals surface area (Å²) in [5, 5.41) is 51.9. The molecule has 0 aliphatic carbocycles. The summed E-state index contributed by atoms with van der Waals surface area (Å²) in [6, 6.07) is -1.01. The molecule has 202 valence electrons. The van der Waals surface area contributed by atoms with E-state index in [1.165, 1.54) is 10.9 Å². The molecule has 2 unspecified atom stereocenters. The van der Waals surface area contributed by atoms with Gasteiger partial charge in [-0.25, -0.2) is 4.98 Å². The number of esters is 1. The van der Waals surface area contributed by atoms with Crippen molar-refractivity contribution in [3.63, 3.8) is 0 Å². The molecule has 9 N–H and O–H groups in total. The van der Waals surface area contributed by atoms with Gasteiger partial charge in [0.25, 0.3) is 5.56 Å². The molecule has 0 amide bonds. The van der Waals surface area contributed by atoms with Crippen molar-refractivity contribution in [2.24, 2.45) is 5.92 Å². The first kappa shape index (κ1) is 27.9. The van der Waals surface area contributed by atoms with Crippen LogP contribution < -0.4 is 16.6 Å². The molecular weight excluding hydrogens is 484 g/mol. The number of rotatable bonds is 11. The van der Waals surface area contributed by atoms with Crippen LogP contribution >= 0.6 is 0 Å². The summed E-state index contributed by atoms with van der Waals surface area (Å²) in [4.78, 5) is 34.9. The van der Waals surface area contributed by atoms with Crippen molar-refractivity contribution in [2.45, 2.75) is 63.4 Å². The number of nitrogen functional groups attached to an aromatic ring is 1. The number of carbonyl (C=O) groups excluding carboxylic acids is 1. The first-order valence-corrected chi connectivity index (χ1v) is 11.2. The van der Waals surface area contributed by atoms with Gasteiger partial charge >= 0.3 is 5.97 Å². The van der Waals surface area contributed by atoms with Crippen LogP contribution in [0.2, 0.25) is 0 Å². The lowest BCUT2D eigenvalue weighted by Gasteiger charge is -2.41. The minimum Gasteiger partial charge on any atom is -0.462 e. The first-order valence-electron chi connectivity index (χ1n) is 11.2. The quantitative estimate of drug-likeness (QED) is 0.133. The summed E-state index contributed by atoms with van der Waals surface area (Å²) in [6.45, 7) is 1.78. The topological polar surface area (TPSA) is 248 Å². The maximum absolute atomic E-state index is 12.8. The second-order valence-corrected chi connectivity index (χ2v) is 8.71. The zero-order chi connectivity index (χ0) is 26.6. The molecule has 0 bridgehead atoms. The predicted molar refractivity (Wildman–Crippen MR) is 121 cm³/mol. The average Bonchev–Trinajstić information content (AvgIpc) is 3.25. The van der Waals surface area contributed by atoms with E-state index in [0.29, 0.717) is 0 Å². The second-order valence-electron chi connectivity index (χ2n) is 8.71. The van der Waals surface area contributed by atoms with Gasteiger partial charge in [-0.3, -0.25) is 24.5 Å². The minimum absolute atomic E-state index is 0.0545. The van der Waals surface area contributed by atoms with Crippen molar-refractivity contribution in [1.82, 2.24) is 24.8 Å². The normalized spacial score (nSPS) is 26.3. The molecule has 1 fully saturated rings. The van der Waals surface area contributed by atoms with Gasteiger partial charge in [0.2, 0.25) is 5.95 Å². The number of nitrogens with zero attached hydrogens (tertiary/aromatic N) is 3. The number of aliphatic hydroxyl groups excluding tert-OH is 5. The smallest absolute Gasteiger partial charge is 0.323 e. The van der Waals surface area contributed by atoms with Crippen LogP contribution in [-0.2, 0) is 25.7 Å². The Kier molecular flexibility index (Phi) is 9.31. The average molecular weight is 517 g/mol. The van der Waals surface area contributed by atoms with Crippen molar-refractivity contribution in [1.29, 1.82) is 0 Å².